The number of carbonyl (C=O) groups is 2. The largest absolute Gasteiger partial charge is 0.359 e. The first-order chi connectivity index (χ1) is 6.56. The normalized spacial score (nSPS) is 32.4. The molecule has 1 N–H and O–H groups in total. The lowest BCUT2D eigenvalue weighted by Crippen LogP contribution is -2.40. The summed E-state index contributed by atoms with van der Waals surface area (Å²) in [6.07, 6.45) is 2.44. The Balaban J connectivity index is 2.73. The summed E-state index contributed by atoms with van der Waals surface area (Å²) in [6, 6.07) is 0. The minimum Gasteiger partial charge on any atom is -0.359 e. The number of Topliss-reactive ketones (excluding diaryl/α,β-unsaturated/α-hetero) is 1. The summed E-state index contributed by atoms with van der Waals surface area (Å²) in [7, 11) is 1.61. The van der Waals surface area contributed by atoms with Crippen LogP contribution in [0.1, 0.15) is 26.2 Å². The zero-order valence-electron chi connectivity index (χ0n) is 8.62. The van der Waals surface area contributed by atoms with Gasteiger partial charge in [0.1, 0.15) is 5.78 Å². The third-order valence-corrected chi connectivity index (χ3v) is 3.40. The lowest BCUT2D eigenvalue weighted by atomic mass is 9.76. The predicted octanol–water partition coefficient (Wildman–Crippen LogP) is 1.04. The van der Waals surface area contributed by atoms with Gasteiger partial charge in [-0.05, 0) is 26.2 Å². The number of nitrogens with one attached hydrogen (secondary N) is 1. The summed E-state index contributed by atoms with van der Waals surface area (Å²) < 4.78 is 0. The lowest BCUT2D eigenvalue weighted by Gasteiger charge is -2.31. The van der Waals surface area contributed by atoms with E-state index in [0.717, 1.165) is 12.8 Å². The van der Waals surface area contributed by atoms with E-state index in [0.29, 0.717) is 6.42 Å². The molecule has 1 aliphatic rings. The fourth-order valence-electron chi connectivity index (χ4n) is 2.11. The van der Waals surface area contributed by atoms with Crippen molar-refractivity contribution < 1.29 is 9.59 Å². The van der Waals surface area contributed by atoms with Crippen molar-refractivity contribution >= 4 is 24.3 Å². The Kier molecular flexibility index (Phi) is 3.98. The molecular formula is C10H17NO2S. The van der Waals surface area contributed by atoms with Gasteiger partial charge in [-0.2, -0.15) is 12.6 Å². The second-order valence-electron chi connectivity index (χ2n) is 3.90. The highest BCUT2D eigenvalue weighted by atomic mass is 32.1. The average molecular weight is 215 g/mol. The van der Waals surface area contributed by atoms with Crippen LogP contribution in [0.15, 0.2) is 0 Å². The van der Waals surface area contributed by atoms with Crippen LogP contribution in [0.2, 0.25) is 0 Å². The van der Waals surface area contributed by atoms with Gasteiger partial charge in [0.25, 0.3) is 0 Å². The molecule has 1 amide bonds. The molecule has 0 aromatic heterocycles. The number of ketones is 1. The summed E-state index contributed by atoms with van der Waals surface area (Å²) in [6.45, 7) is 1.57. The van der Waals surface area contributed by atoms with Gasteiger partial charge in [0.05, 0.1) is 0 Å². The summed E-state index contributed by atoms with van der Waals surface area (Å²) in [5.41, 5.74) is 0. The van der Waals surface area contributed by atoms with Crippen LogP contribution in [-0.2, 0) is 9.59 Å². The van der Waals surface area contributed by atoms with Gasteiger partial charge in [0, 0.05) is 24.1 Å². The number of amides is 1. The van der Waals surface area contributed by atoms with Crippen LogP contribution in [0.4, 0.5) is 0 Å². The Hall–Kier alpha value is -0.510. The van der Waals surface area contributed by atoms with Crippen molar-refractivity contribution in [3.8, 4) is 0 Å². The predicted molar refractivity (Wildman–Crippen MR) is 58.4 cm³/mol. The first-order valence-corrected chi connectivity index (χ1v) is 5.48. The SMILES string of the molecule is CNC(=O)C1CC(S)CCC1C(C)=O. The van der Waals surface area contributed by atoms with Crippen molar-refractivity contribution in [2.45, 2.75) is 31.4 Å². The van der Waals surface area contributed by atoms with E-state index in [1.54, 1.807) is 14.0 Å². The van der Waals surface area contributed by atoms with Crippen LogP contribution in [0, 0.1) is 11.8 Å². The number of carbonyl (C=O) groups excluding carboxylic acids is 2. The molecule has 3 atom stereocenters. The van der Waals surface area contributed by atoms with E-state index in [4.69, 9.17) is 0 Å². The van der Waals surface area contributed by atoms with Crippen molar-refractivity contribution in [1.29, 1.82) is 0 Å². The Morgan fingerprint density at radius 2 is 1.93 bits per heavy atom. The quantitative estimate of drug-likeness (QED) is 0.676. The smallest absolute Gasteiger partial charge is 0.223 e. The highest BCUT2D eigenvalue weighted by molar-refractivity contribution is 7.80. The second kappa shape index (κ2) is 4.82. The molecule has 3 unspecified atom stereocenters. The first-order valence-electron chi connectivity index (χ1n) is 4.96. The summed E-state index contributed by atoms with van der Waals surface area (Å²) >= 11 is 4.37. The van der Waals surface area contributed by atoms with Crippen LogP contribution < -0.4 is 5.32 Å². The third-order valence-electron chi connectivity index (χ3n) is 2.93. The molecule has 80 valence electrons. The monoisotopic (exact) mass is 215 g/mol. The number of hydrogen-bond donors (Lipinski definition) is 2. The molecule has 14 heavy (non-hydrogen) atoms. The van der Waals surface area contributed by atoms with Gasteiger partial charge in [0.15, 0.2) is 0 Å². The maximum Gasteiger partial charge on any atom is 0.223 e. The Morgan fingerprint density at radius 1 is 1.29 bits per heavy atom. The summed E-state index contributed by atoms with van der Waals surface area (Å²) in [5, 5.41) is 2.87. The molecule has 4 heteroatoms. The molecule has 3 nitrogen and oxygen atoms in total. The molecule has 0 aromatic rings. The summed E-state index contributed by atoms with van der Waals surface area (Å²) in [4.78, 5) is 22.9. The minimum absolute atomic E-state index is 0.0241. The van der Waals surface area contributed by atoms with Gasteiger partial charge in [-0.3, -0.25) is 9.59 Å². The average Bonchev–Trinajstić information content (AvgIpc) is 2.16. The number of hydrogen-bond acceptors (Lipinski definition) is 3. The van der Waals surface area contributed by atoms with Crippen LogP contribution >= 0.6 is 12.6 Å². The van der Waals surface area contributed by atoms with E-state index in [1.165, 1.54) is 0 Å². The van der Waals surface area contributed by atoms with Crippen molar-refractivity contribution in [3.05, 3.63) is 0 Å². The summed E-state index contributed by atoms with van der Waals surface area (Å²) in [5.74, 6) is -0.171. The molecule has 0 heterocycles. The first kappa shape index (κ1) is 11.6. The van der Waals surface area contributed by atoms with Crippen LogP contribution in [0.25, 0.3) is 0 Å². The van der Waals surface area contributed by atoms with Crippen LogP contribution in [-0.4, -0.2) is 24.0 Å². The Bertz CT molecular complexity index is 242. The highest BCUT2D eigenvalue weighted by Gasteiger charge is 2.35. The van der Waals surface area contributed by atoms with Crippen molar-refractivity contribution in [3.63, 3.8) is 0 Å². The molecule has 0 aliphatic heterocycles. The van der Waals surface area contributed by atoms with Gasteiger partial charge in [-0.1, -0.05) is 0 Å². The molecule has 0 spiro atoms. The van der Waals surface area contributed by atoms with E-state index in [2.05, 4.69) is 17.9 Å². The standard InChI is InChI=1S/C10H17NO2S/c1-6(12)8-4-3-7(14)5-9(8)10(13)11-2/h7-9,14H,3-5H2,1-2H3,(H,11,13). The Morgan fingerprint density at radius 3 is 2.43 bits per heavy atom. The third kappa shape index (κ3) is 2.50. The molecule has 1 rings (SSSR count). The lowest BCUT2D eigenvalue weighted by molar-refractivity contribution is -0.133. The van der Waals surface area contributed by atoms with Gasteiger partial charge in [-0.15, -0.1) is 0 Å². The second-order valence-corrected chi connectivity index (χ2v) is 4.64. The number of thiol groups is 1. The highest BCUT2D eigenvalue weighted by Crippen LogP contribution is 2.33. The molecule has 0 saturated heterocycles. The van der Waals surface area contributed by atoms with E-state index in [9.17, 15) is 9.59 Å². The molecular weight excluding hydrogens is 198 g/mol. The molecule has 0 bridgehead atoms. The van der Waals surface area contributed by atoms with Crippen molar-refractivity contribution in [2.75, 3.05) is 7.05 Å². The van der Waals surface area contributed by atoms with Gasteiger partial charge >= 0.3 is 0 Å². The fourth-order valence-corrected chi connectivity index (χ4v) is 2.49. The van der Waals surface area contributed by atoms with E-state index < -0.39 is 0 Å². The Labute approximate surface area is 90.0 Å². The topological polar surface area (TPSA) is 46.2 Å². The fraction of sp³-hybridized carbons (Fsp3) is 0.800. The van der Waals surface area contributed by atoms with E-state index in [-0.39, 0.29) is 28.8 Å². The maximum absolute atomic E-state index is 11.5. The van der Waals surface area contributed by atoms with Crippen molar-refractivity contribution in [2.24, 2.45) is 11.8 Å². The number of rotatable bonds is 2. The van der Waals surface area contributed by atoms with Gasteiger partial charge < -0.3 is 5.32 Å². The molecule has 1 saturated carbocycles. The molecule has 0 aromatic carbocycles. The minimum atomic E-state index is -0.172. The van der Waals surface area contributed by atoms with E-state index in [1.807, 2.05) is 0 Å². The molecule has 1 aliphatic carbocycles. The zero-order chi connectivity index (χ0) is 10.7. The van der Waals surface area contributed by atoms with E-state index >= 15 is 0 Å². The van der Waals surface area contributed by atoms with Gasteiger partial charge in [0.2, 0.25) is 5.91 Å². The molecule has 0 radical (unpaired) electrons. The zero-order valence-corrected chi connectivity index (χ0v) is 9.51. The van der Waals surface area contributed by atoms with Crippen molar-refractivity contribution in [1.82, 2.24) is 5.32 Å². The van der Waals surface area contributed by atoms with Crippen LogP contribution in [0.5, 0.6) is 0 Å². The maximum atomic E-state index is 11.5. The van der Waals surface area contributed by atoms with Crippen LogP contribution in [0.3, 0.4) is 0 Å². The molecule has 1 fully saturated rings. The van der Waals surface area contributed by atoms with Gasteiger partial charge in [-0.25, -0.2) is 0 Å².